The predicted molar refractivity (Wildman–Crippen MR) is 133 cm³/mol. The van der Waals surface area contributed by atoms with E-state index in [1.807, 2.05) is 54.6 Å². The highest BCUT2D eigenvalue weighted by molar-refractivity contribution is 5.96. The molecule has 1 aliphatic rings. The number of carbonyl (C=O) groups is 1. The second-order valence-corrected chi connectivity index (χ2v) is 9.10. The summed E-state index contributed by atoms with van der Waals surface area (Å²) in [5.74, 6) is -1.22. The SMILES string of the molecule is O=C(O)c1ccc(C(F)(F)F)cc1-c1ccc2c(c1)OC[C@@H](Cc1ccc(-c3ccccc3)cc1)[C@@H]2O. The number of aliphatic hydroxyl groups excluding tert-OH is 1. The van der Waals surface area contributed by atoms with Gasteiger partial charge in [-0.25, -0.2) is 4.79 Å². The molecule has 4 aromatic rings. The first-order chi connectivity index (χ1) is 17.7. The van der Waals surface area contributed by atoms with Crippen LogP contribution in [0.1, 0.15) is 33.2 Å². The zero-order valence-corrected chi connectivity index (χ0v) is 19.6. The molecule has 0 fully saturated rings. The third-order valence-corrected chi connectivity index (χ3v) is 6.68. The van der Waals surface area contributed by atoms with Gasteiger partial charge < -0.3 is 14.9 Å². The lowest BCUT2D eigenvalue weighted by Crippen LogP contribution is -2.27. The lowest BCUT2D eigenvalue weighted by Gasteiger charge is -2.31. The van der Waals surface area contributed by atoms with E-state index in [0.717, 1.165) is 34.9 Å². The molecule has 4 aromatic carbocycles. The summed E-state index contributed by atoms with van der Waals surface area (Å²) in [4.78, 5) is 11.7. The number of halogens is 3. The van der Waals surface area contributed by atoms with Gasteiger partial charge >= 0.3 is 12.1 Å². The van der Waals surface area contributed by atoms with Gasteiger partial charge in [-0.3, -0.25) is 0 Å². The van der Waals surface area contributed by atoms with Gasteiger partial charge in [0.2, 0.25) is 0 Å². The van der Waals surface area contributed by atoms with Crippen molar-refractivity contribution in [3.8, 4) is 28.0 Å². The van der Waals surface area contributed by atoms with Crippen LogP contribution in [0.5, 0.6) is 5.75 Å². The minimum atomic E-state index is -4.61. The molecule has 0 saturated carbocycles. The van der Waals surface area contributed by atoms with Crippen molar-refractivity contribution in [2.45, 2.75) is 18.7 Å². The zero-order valence-electron chi connectivity index (χ0n) is 19.6. The molecule has 0 aliphatic carbocycles. The summed E-state index contributed by atoms with van der Waals surface area (Å²) in [6.07, 6.45) is -4.87. The number of hydrogen-bond donors (Lipinski definition) is 2. The fourth-order valence-electron chi connectivity index (χ4n) is 4.70. The maximum Gasteiger partial charge on any atom is 0.416 e. The fourth-order valence-corrected chi connectivity index (χ4v) is 4.70. The van der Waals surface area contributed by atoms with Crippen molar-refractivity contribution in [3.05, 3.63) is 113 Å². The second kappa shape index (κ2) is 9.75. The van der Waals surface area contributed by atoms with Crippen LogP contribution in [0.3, 0.4) is 0 Å². The van der Waals surface area contributed by atoms with Crippen LogP contribution in [-0.2, 0) is 12.6 Å². The standard InChI is InChI=1S/C30H23F3O4/c31-30(32,33)23-11-13-24(29(35)36)26(16-23)21-10-12-25-27(15-21)37-17-22(28(25)34)14-18-6-8-20(9-7-18)19-4-2-1-3-5-19/h1-13,15-16,22,28,34H,14,17H2,(H,35,36)/t22-,28+/m1/s1. The molecule has 5 rings (SSSR count). The van der Waals surface area contributed by atoms with Crippen LogP contribution < -0.4 is 4.74 Å². The van der Waals surface area contributed by atoms with E-state index in [9.17, 15) is 28.2 Å². The van der Waals surface area contributed by atoms with Crippen molar-refractivity contribution in [1.82, 2.24) is 0 Å². The average Bonchev–Trinajstić information content (AvgIpc) is 2.90. The van der Waals surface area contributed by atoms with E-state index in [-0.39, 0.29) is 29.2 Å². The Morgan fingerprint density at radius 2 is 1.54 bits per heavy atom. The van der Waals surface area contributed by atoms with Crippen molar-refractivity contribution in [3.63, 3.8) is 0 Å². The third kappa shape index (κ3) is 5.08. The molecule has 0 unspecified atom stereocenters. The minimum absolute atomic E-state index is 0.0659. The number of rotatable bonds is 5. The summed E-state index contributed by atoms with van der Waals surface area (Å²) in [5.41, 5.74) is 2.79. The summed E-state index contributed by atoms with van der Waals surface area (Å²) < 4.78 is 45.7. The Hall–Kier alpha value is -4.10. The highest BCUT2D eigenvalue weighted by Gasteiger charge is 2.33. The number of fused-ring (bicyclic) bond motifs is 1. The van der Waals surface area contributed by atoms with Gasteiger partial charge in [-0.15, -0.1) is 0 Å². The first-order valence-electron chi connectivity index (χ1n) is 11.7. The van der Waals surface area contributed by atoms with Crippen LogP contribution in [-0.4, -0.2) is 22.8 Å². The molecule has 0 spiro atoms. The number of alkyl halides is 3. The minimum Gasteiger partial charge on any atom is -0.493 e. The van der Waals surface area contributed by atoms with Crippen molar-refractivity contribution >= 4 is 5.97 Å². The van der Waals surface area contributed by atoms with Crippen molar-refractivity contribution in [2.75, 3.05) is 6.61 Å². The number of carboxylic acid groups (broad SMARTS) is 1. The molecule has 4 nitrogen and oxygen atoms in total. The molecule has 2 atom stereocenters. The number of hydrogen-bond acceptors (Lipinski definition) is 3. The van der Waals surface area contributed by atoms with E-state index in [2.05, 4.69) is 0 Å². The quantitative estimate of drug-likeness (QED) is 0.307. The molecule has 0 amide bonds. The van der Waals surface area contributed by atoms with Crippen LogP contribution in [0, 0.1) is 5.92 Å². The maximum atomic E-state index is 13.3. The Labute approximate surface area is 211 Å². The summed E-state index contributed by atoms with van der Waals surface area (Å²) in [5, 5.41) is 20.6. The van der Waals surface area contributed by atoms with Crippen molar-refractivity contribution in [1.29, 1.82) is 0 Å². The Bertz CT molecular complexity index is 1430. The van der Waals surface area contributed by atoms with Gasteiger partial charge in [0.1, 0.15) is 5.75 Å². The molecule has 7 heteroatoms. The Morgan fingerprint density at radius 1 is 0.865 bits per heavy atom. The summed E-state index contributed by atoms with van der Waals surface area (Å²) in [7, 11) is 0. The maximum absolute atomic E-state index is 13.3. The van der Waals surface area contributed by atoms with Crippen LogP contribution in [0.25, 0.3) is 22.3 Å². The van der Waals surface area contributed by atoms with Crippen LogP contribution in [0.2, 0.25) is 0 Å². The summed E-state index contributed by atoms with van der Waals surface area (Å²) in [6.45, 7) is 0.215. The van der Waals surface area contributed by atoms with Crippen molar-refractivity contribution in [2.24, 2.45) is 5.92 Å². The largest absolute Gasteiger partial charge is 0.493 e. The van der Waals surface area contributed by atoms with Gasteiger partial charge in [0.05, 0.1) is 23.8 Å². The number of aromatic carboxylic acids is 1. The molecular formula is C30H23F3O4. The zero-order chi connectivity index (χ0) is 26.2. The van der Waals surface area contributed by atoms with Crippen LogP contribution >= 0.6 is 0 Å². The Kier molecular flexibility index (Phi) is 6.48. The molecule has 1 heterocycles. The molecule has 0 aromatic heterocycles. The Morgan fingerprint density at radius 3 is 2.22 bits per heavy atom. The van der Waals surface area contributed by atoms with E-state index >= 15 is 0 Å². The second-order valence-electron chi connectivity index (χ2n) is 9.10. The lowest BCUT2D eigenvalue weighted by molar-refractivity contribution is -0.137. The fraction of sp³-hybridized carbons (Fsp3) is 0.167. The van der Waals surface area contributed by atoms with E-state index in [4.69, 9.17) is 4.74 Å². The van der Waals surface area contributed by atoms with Gasteiger partial charge in [-0.05, 0) is 58.5 Å². The normalized spacial score (nSPS) is 17.1. The molecule has 0 radical (unpaired) electrons. The number of aliphatic hydroxyl groups is 1. The molecule has 2 N–H and O–H groups in total. The highest BCUT2D eigenvalue weighted by atomic mass is 19.4. The van der Waals surface area contributed by atoms with E-state index < -0.39 is 23.8 Å². The first kappa shape index (κ1) is 24.6. The van der Waals surface area contributed by atoms with Gasteiger partial charge in [-0.1, -0.05) is 66.7 Å². The third-order valence-electron chi connectivity index (χ3n) is 6.68. The van der Waals surface area contributed by atoms with Crippen molar-refractivity contribution < 1.29 is 32.9 Å². The van der Waals surface area contributed by atoms with Gasteiger partial charge in [0.15, 0.2) is 0 Å². The molecule has 37 heavy (non-hydrogen) atoms. The van der Waals surface area contributed by atoms with E-state index in [1.165, 1.54) is 12.1 Å². The molecular weight excluding hydrogens is 481 g/mol. The molecule has 188 valence electrons. The van der Waals surface area contributed by atoms with Gasteiger partial charge in [-0.2, -0.15) is 13.2 Å². The predicted octanol–water partition coefficient (Wildman–Crippen LogP) is 7.02. The van der Waals surface area contributed by atoms with E-state index in [1.54, 1.807) is 6.07 Å². The Balaban J connectivity index is 1.38. The summed E-state index contributed by atoms with van der Waals surface area (Å²) in [6, 6.07) is 25.3. The average molecular weight is 505 g/mol. The topological polar surface area (TPSA) is 66.8 Å². The molecule has 0 bridgehead atoms. The number of benzene rings is 4. The number of ether oxygens (including phenoxy) is 1. The van der Waals surface area contributed by atoms with Gasteiger partial charge in [0.25, 0.3) is 0 Å². The van der Waals surface area contributed by atoms with Crippen LogP contribution in [0.15, 0.2) is 91.0 Å². The monoisotopic (exact) mass is 504 g/mol. The number of carboxylic acids is 1. The van der Waals surface area contributed by atoms with Crippen LogP contribution in [0.4, 0.5) is 13.2 Å². The summed E-state index contributed by atoms with van der Waals surface area (Å²) >= 11 is 0. The smallest absolute Gasteiger partial charge is 0.416 e. The van der Waals surface area contributed by atoms with E-state index in [0.29, 0.717) is 17.7 Å². The first-order valence-corrected chi connectivity index (χ1v) is 11.7. The van der Waals surface area contributed by atoms with Gasteiger partial charge in [0, 0.05) is 11.5 Å². The molecule has 0 saturated heterocycles. The highest BCUT2D eigenvalue weighted by Crippen LogP contribution is 2.41. The molecule has 1 aliphatic heterocycles. The lowest BCUT2D eigenvalue weighted by atomic mass is 9.86.